The van der Waals surface area contributed by atoms with Crippen LogP contribution >= 0.6 is 0 Å². The molecule has 0 aromatic heterocycles. The molecule has 0 spiro atoms. The van der Waals surface area contributed by atoms with Gasteiger partial charge in [0.15, 0.2) is 5.82 Å². The Balaban J connectivity index is 3.27. The van der Waals surface area contributed by atoms with Gasteiger partial charge in [-0.05, 0) is 5.46 Å². The molecule has 0 aliphatic carbocycles. The van der Waals surface area contributed by atoms with Crippen LogP contribution in [-0.2, 0) is 0 Å². The van der Waals surface area contributed by atoms with E-state index in [-0.39, 0.29) is 0 Å². The standard InChI is InChI=1S/C6H5BFNO2/c7-4-2-1-3-5(6(4)8)9(10)11/h1-3H,7H2. The fourth-order valence-corrected chi connectivity index (χ4v) is 0.773. The smallest absolute Gasteiger partial charge is 0.258 e. The molecule has 0 saturated heterocycles. The fourth-order valence-electron chi connectivity index (χ4n) is 0.773. The third-order valence-electron chi connectivity index (χ3n) is 1.37. The average molecular weight is 153 g/mol. The maximum atomic E-state index is 12.8. The maximum Gasteiger partial charge on any atom is 0.304 e. The first kappa shape index (κ1) is 7.72. The van der Waals surface area contributed by atoms with E-state index < -0.39 is 16.4 Å². The van der Waals surface area contributed by atoms with Gasteiger partial charge in [-0.25, -0.2) is 4.39 Å². The molecular formula is C6H5BFNO2. The Hall–Kier alpha value is -1.39. The second kappa shape index (κ2) is 2.69. The molecule has 0 unspecified atom stereocenters. The molecule has 1 rings (SSSR count). The SMILES string of the molecule is Bc1cccc([N+](=O)[O-])c1F. The van der Waals surface area contributed by atoms with Gasteiger partial charge in [-0.1, -0.05) is 12.1 Å². The third kappa shape index (κ3) is 1.37. The summed E-state index contributed by atoms with van der Waals surface area (Å²) in [6, 6.07) is 4.08. The second-order valence-electron chi connectivity index (χ2n) is 2.17. The van der Waals surface area contributed by atoms with Crippen LogP contribution in [0.1, 0.15) is 0 Å². The Morgan fingerprint density at radius 1 is 1.55 bits per heavy atom. The minimum Gasteiger partial charge on any atom is -0.258 e. The summed E-state index contributed by atoms with van der Waals surface area (Å²) in [4.78, 5) is 9.41. The molecule has 0 N–H and O–H groups in total. The molecule has 56 valence electrons. The first-order chi connectivity index (χ1) is 5.13. The molecule has 3 nitrogen and oxygen atoms in total. The van der Waals surface area contributed by atoms with Crippen LogP contribution in [0.5, 0.6) is 0 Å². The largest absolute Gasteiger partial charge is 0.304 e. The summed E-state index contributed by atoms with van der Waals surface area (Å²) >= 11 is 0. The molecule has 0 bridgehead atoms. The number of nitro groups is 1. The van der Waals surface area contributed by atoms with E-state index in [0.717, 1.165) is 6.07 Å². The van der Waals surface area contributed by atoms with Crippen LogP contribution in [0.25, 0.3) is 0 Å². The van der Waals surface area contributed by atoms with E-state index in [4.69, 9.17) is 0 Å². The summed E-state index contributed by atoms with van der Waals surface area (Å²) in [6.07, 6.45) is 0. The number of hydrogen-bond donors (Lipinski definition) is 0. The highest BCUT2D eigenvalue weighted by atomic mass is 19.1. The van der Waals surface area contributed by atoms with E-state index in [1.165, 1.54) is 20.0 Å². The number of rotatable bonds is 1. The van der Waals surface area contributed by atoms with Crippen LogP contribution in [0.3, 0.4) is 0 Å². The van der Waals surface area contributed by atoms with E-state index in [1.807, 2.05) is 0 Å². The molecule has 0 saturated carbocycles. The quantitative estimate of drug-likeness (QED) is 0.323. The molecular weight excluding hydrogens is 148 g/mol. The van der Waals surface area contributed by atoms with Gasteiger partial charge >= 0.3 is 5.69 Å². The molecule has 0 radical (unpaired) electrons. The van der Waals surface area contributed by atoms with Crippen LogP contribution in [0.15, 0.2) is 18.2 Å². The third-order valence-corrected chi connectivity index (χ3v) is 1.37. The topological polar surface area (TPSA) is 43.1 Å². The van der Waals surface area contributed by atoms with E-state index in [1.54, 1.807) is 0 Å². The highest BCUT2D eigenvalue weighted by molar-refractivity contribution is 6.32. The van der Waals surface area contributed by atoms with Crippen molar-refractivity contribution in [2.24, 2.45) is 0 Å². The highest BCUT2D eigenvalue weighted by Gasteiger charge is 2.13. The van der Waals surface area contributed by atoms with Crippen molar-refractivity contribution in [1.29, 1.82) is 0 Å². The van der Waals surface area contributed by atoms with Crippen LogP contribution in [0.2, 0.25) is 0 Å². The first-order valence-corrected chi connectivity index (χ1v) is 3.02. The lowest BCUT2D eigenvalue weighted by Crippen LogP contribution is -2.10. The van der Waals surface area contributed by atoms with Crippen molar-refractivity contribution < 1.29 is 9.31 Å². The van der Waals surface area contributed by atoms with Gasteiger partial charge in [0.2, 0.25) is 0 Å². The van der Waals surface area contributed by atoms with Gasteiger partial charge in [0.05, 0.1) is 4.92 Å². The van der Waals surface area contributed by atoms with E-state index in [9.17, 15) is 14.5 Å². The predicted molar refractivity (Wildman–Crippen MR) is 41.2 cm³/mol. The van der Waals surface area contributed by atoms with Crippen molar-refractivity contribution in [2.45, 2.75) is 0 Å². The number of nitrogens with zero attached hydrogens (tertiary/aromatic N) is 1. The molecule has 1 aromatic carbocycles. The number of hydrogen-bond acceptors (Lipinski definition) is 2. The highest BCUT2D eigenvalue weighted by Crippen LogP contribution is 2.12. The van der Waals surface area contributed by atoms with Crippen molar-refractivity contribution in [3.63, 3.8) is 0 Å². The first-order valence-electron chi connectivity index (χ1n) is 3.02. The van der Waals surface area contributed by atoms with Crippen molar-refractivity contribution in [3.05, 3.63) is 34.1 Å². The molecule has 1 aromatic rings. The van der Waals surface area contributed by atoms with Gasteiger partial charge in [-0.15, -0.1) is 0 Å². The van der Waals surface area contributed by atoms with Gasteiger partial charge in [0, 0.05) is 6.07 Å². The second-order valence-corrected chi connectivity index (χ2v) is 2.17. The average Bonchev–Trinajstić information content (AvgIpc) is 1.94. The van der Waals surface area contributed by atoms with Crippen LogP contribution < -0.4 is 5.46 Å². The fraction of sp³-hybridized carbons (Fsp3) is 0. The van der Waals surface area contributed by atoms with E-state index in [2.05, 4.69) is 0 Å². The molecule has 0 fully saturated rings. The predicted octanol–water partition coefficient (Wildman–Crippen LogP) is -0.00770. The van der Waals surface area contributed by atoms with Crippen molar-refractivity contribution in [3.8, 4) is 0 Å². The molecule has 0 aliphatic heterocycles. The summed E-state index contributed by atoms with van der Waals surface area (Å²) in [5.41, 5.74) is -0.177. The summed E-state index contributed by atoms with van der Waals surface area (Å²) in [7, 11) is 1.49. The minimum absolute atomic E-state index is 0.291. The molecule has 5 heteroatoms. The molecule has 0 atom stereocenters. The summed E-state index contributed by atoms with van der Waals surface area (Å²) in [5.74, 6) is -0.752. The van der Waals surface area contributed by atoms with Gasteiger partial charge in [-0.3, -0.25) is 10.1 Å². The summed E-state index contributed by atoms with van der Waals surface area (Å²) in [5, 5.41) is 10.1. The maximum absolute atomic E-state index is 12.8. The van der Waals surface area contributed by atoms with Gasteiger partial charge < -0.3 is 0 Å². The van der Waals surface area contributed by atoms with Crippen LogP contribution in [-0.4, -0.2) is 12.8 Å². The number of nitro benzene ring substituents is 1. The Kier molecular flexibility index (Phi) is 1.89. The lowest BCUT2D eigenvalue weighted by molar-refractivity contribution is -0.387. The number of halogens is 1. The van der Waals surface area contributed by atoms with E-state index >= 15 is 0 Å². The molecule has 0 heterocycles. The molecule has 11 heavy (non-hydrogen) atoms. The van der Waals surface area contributed by atoms with Gasteiger partial charge in [-0.2, -0.15) is 0 Å². The minimum atomic E-state index is -0.752. The van der Waals surface area contributed by atoms with Crippen molar-refractivity contribution >= 4 is 19.0 Å². The van der Waals surface area contributed by atoms with Gasteiger partial charge in [0.25, 0.3) is 0 Å². The van der Waals surface area contributed by atoms with Crippen molar-refractivity contribution in [1.82, 2.24) is 0 Å². The van der Waals surface area contributed by atoms with E-state index in [0.29, 0.717) is 5.46 Å². The number of benzene rings is 1. The summed E-state index contributed by atoms with van der Waals surface area (Å²) < 4.78 is 12.8. The zero-order chi connectivity index (χ0) is 8.43. The zero-order valence-electron chi connectivity index (χ0n) is 5.87. The van der Waals surface area contributed by atoms with Gasteiger partial charge in [0.1, 0.15) is 7.85 Å². The normalized spacial score (nSPS) is 9.55. The zero-order valence-corrected chi connectivity index (χ0v) is 5.87. The molecule has 0 aliphatic rings. The Morgan fingerprint density at radius 3 is 2.64 bits per heavy atom. The molecule has 0 amide bonds. The Labute approximate surface area is 63.4 Å². The van der Waals surface area contributed by atoms with Crippen LogP contribution in [0.4, 0.5) is 10.1 Å². The van der Waals surface area contributed by atoms with Crippen molar-refractivity contribution in [2.75, 3.05) is 0 Å². The lowest BCUT2D eigenvalue weighted by Gasteiger charge is -1.95. The summed E-state index contributed by atoms with van der Waals surface area (Å²) in [6.45, 7) is 0. The van der Waals surface area contributed by atoms with Crippen LogP contribution in [0, 0.1) is 15.9 Å². The lowest BCUT2D eigenvalue weighted by atomic mass is 9.95. The monoisotopic (exact) mass is 153 g/mol. The Bertz CT molecular complexity index is 303. The Morgan fingerprint density at radius 2 is 2.18 bits per heavy atom.